The Hall–Kier alpha value is -2.67. The number of ether oxygens (including phenoxy) is 1. The molecule has 0 aliphatic heterocycles. The predicted molar refractivity (Wildman–Crippen MR) is 100 cm³/mol. The first kappa shape index (κ1) is 19.1. The van der Waals surface area contributed by atoms with E-state index < -0.39 is 0 Å². The van der Waals surface area contributed by atoms with Gasteiger partial charge >= 0.3 is 0 Å². The van der Waals surface area contributed by atoms with Gasteiger partial charge in [0.15, 0.2) is 0 Å². The highest BCUT2D eigenvalue weighted by molar-refractivity contribution is 5.76. The zero-order valence-electron chi connectivity index (χ0n) is 15.6. The monoisotopic (exact) mass is 371 g/mol. The van der Waals surface area contributed by atoms with E-state index >= 15 is 0 Å². The summed E-state index contributed by atoms with van der Waals surface area (Å²) in [6, 6.07) is 6.67. The lowest BCUT2D eigenvalue weighted by molar-refractivity contribution is -0.123. The van der Waals surface area contributed by atoms with Gasteiger partial charge in [0.05, 0.1) is 25.5 Å². The van der Waals surface area contributed by atoms with Crippen LogP contribution in [0.25, 0.3) is 0 Å². The first-order chi connectivity index (χ1) is 13.0. The first-order valence-electron chi connectivity index (χ1n) is 9.10. The number of aliphatic hydroxyl groups excluding tert-OH is 1. The van der Waals surface area contributed by atoms with Crippen molar-refractivity contribution in [1.29, 1.82) is 0 Å². The molecule has 0 radical (unpaired) electrons. The Morgan fingerprint density at radius 3 is 2.85 bits per heavy atom. The van der Waals surface area contributed by atoms with Gasteiger partial charge in [-0.3, -0.25) is 14.6 Å². The van der Waals surface area contributed by atoms with Crippen LogP contribution >= 0.6 is 0 Å². The number of aliphatic hydroxyl groups is 1. The van der Waals surface area contributed by atoms with Crippen molar-refractivity contribution >= 4 is 5.91 Å². The van der Waals surface area contributed by atoms with Crippen molar-refractivity contribution in [2.75, 3.05) is 7.11 Å². The molecule has 1 aliphatic rings. The summed E-state index contributed by atoms with van der Waals surface area (Å²) in [7, 11) is 1.57. The largest absolute Gasteiger partial charge is 0.495 e. The Morgan fingerprint density at radius 1 is 1.41 bits per heavy atom. The molecule has 0 bridgehead atoms. The maximum Gasteiger partial charge on any atom is 0.250 e. The van der Waals surface area contributed by atoms with Gasteiger partial charge in [-0.2, -0.15) is 0 Å². The fourth-order valence-electron chi connectivity index (χ4n) is 3.46. The van der Waals surface area contributed by atoms with E-state index in [0.29, 0.717) is 25.1 Å². The van der Waals surface area contributed by atoms with Crippen LogP contribution in [0.5, 0.6) is 5.75 Å². The second-order valence-electron chi connectivity index (χ2n) is 7.00. The van der Waals surface area contributed by atoms with Gasteiger partial charge < -0.3 is 19.7 Å². The fourth-order valence-corrected chi connectivity index (χ4v) is 3.46. The Labute approximate surface area is 158 Å². The van der Waals surface area contributed by atoms with E-state index in [9.17, 15) is 14.7 Å². The molecule has 1 fully saturated rings. The Balaban J connectivity index is 1.70. The minimum absolute atomic E-state index is 0.113. The average molecular weight is 371 g/mol. The molecule has 144 valence electrons. The number of carbonyl (C=O) groups excluding carboxylic acids is 1. The summed E-state index contributed by atoms with van der Waals surface area (Å²) < 4.78 is 6.82. The number of rotatable bonds is 7. The third-order valence-electron chi connectivity index (χ3n) is 5.10. The normalized spacial score (nSPS) is 19.8. The minimum atomic E-state index is -0.321. The van der Waals surface area contributed by atoms with Gasteiger partial charge in [0.25, 0.3) is 5.56 Å². The number of pyridine rings is 2. The quantitative estimate of drug-likeness (QED) is 0.771. The molecular formula is C20H25N3O4. The van der Waals surface area contributed by atoms with Crippen LogP contribution in [-0.4, -0.2) is 33.8 Å². The van der Waals surface area contributed by atoms with Crippen LogP contribution in [-0.2, 0) is 11.3 Å². The van der Waals surface area contributed by atoms with E-state index in [1.54, 1.807) is 30.1 Å². The smallest absolute Gasteiger partial charge is 0.250 e. The molecule has 0 unspecified atom stereocenters. The minimum Gasteiger partial charge on any atom is -0.495 e. The molecule has 0 saturated heterocycles. The fraction of sp³-hybridized carbons (Fsp3) is 0.450. The highest BCUT2D eigenvalue weighted by Crippen LogP contribution is 2.38. The lowest BCUT2D eigenvalue weighted by Crippen LogP contribution is -2.41. The second-order valence-corrected chi connectivity index (χ2v) is 7.00. The summed E-state index contributed by atoms with van der Waals surface area (Å²) in [4.78, 5) is 28.7. The predicted octanol–water partition coefficient (Wildman–Crippen LogP) is 1.58. The molecule has 2 aromatic rings. The summed E-state index contributed by atoms with van der Waals surface area (Å²) >= 11 is 0. The zero-order valence-corrected chi connectivity index (χ0v) is 15.6. The SMILES string of the molecule is COc1cncc([C@H](NC(=O)CCn2c(C)cccc2=O)C2CC(O)C2)c1. The Kier molecular flexibility index (Phi) is 5.91. The van der Waals surface area contributed by atoms with E-state index in [1.807, 2.05) is 19.1 Å². The highest BCUT2D eigenvalue weighted by Gasteiger charge is 2.36. The topological polar surface area (TPSA) is 93.5 Å². The van der Waals surface area contributed by atoms with Crippen molar-refractivity contribution < 1.29 is 14.6 Å². The molecule has 1 saturated carbocycles. The second kappa shape index (κ2) is 8.35. The Bertz CT molecular complexity index is 858. The molecule has 1 aliphatic carbocycles. The van der Waals surface area contributed by atoms with Crippen molar-refractivity contribution in [3.8, 4) is 5.75 Å². The molecule has 0 aromatic carbocycles. The van der Waals surface area contributed by atoms with Gasteiger partial charge in [-0.1, -0.05) is 6.07 Å². The van der Waals surface area contributed by atoms with Crippen LogP contribution in [0.4, 0.5) is 0 Å². The lowest BCUT2D eigenvalue weighted by Gasteiger charge is -2.38. The van der Waals surface area contributed by atoms with E-state index in [-0.39, 0.29) is 36.0 Å². The average Bonchev–Trinajstić information content (AvgIpc) is 2.63. The van der Waals surface area contributed by atoms with Crippen LogP contribution in [0.3, 0.4) is 0 Å². The van der Waals surface area contributed by atoms with Crippen molar-refractivity contribution in [1.82, 2.24) is 14.9 Å². The summed E-state index contributed by atoms with van der Waals surface area (Å²) in [6.07, 6.45) is 4.48. The van der Waals surface area contributed by atoms with E-state index in [2.05, 4.69) is 10.3 Å². The van der Waals surface area contributed by atoms with Gasteiger partial charge in [-0.15, -0.1) is 0 Å². The number of carbonyl (C=O) groups is 1. The summed E-state index contributed by atoms with van der Waals surface area (Å²) in [5, 5.41) is 12.7. The number of hydrogen-bond donors (Lipinski definition) is 2. The lowest BCUT2D eigenvalue weighted by atomic mass is 9.75. The molecule has 3 rings (SSSR count). The molecule has 2 heterocycles. The third-order valence-corrected chi connectivity index (χ3v) is 5.10. The van der Waals surface area contributed by atoms with Gasteiger partial charge in [0.2, 0.25) is 5.91 Å². The number of nitrogens with one attached hydrogen (secondary N) is 1. The number of hydrogen-bond acceptors (Lipinski definition) is 5. The van der Waals surface area contributed by atoms with Crippen LogP contribution in [0.15, 0.2) is 41.5 Å². The molecule has 1 amide bonds. The zero-order chi connectivity index (χ0) is 19.4. The van der Waals surface area contributed by atoms with Crippen molar-refractivity contribution in [3.05, 3.63) is 58.3 Å². The van der Waals surface area contributed by atoms with Gasteiger partial charge in [0.1, 0.15) is 5.75 Å². The number of aromatic nitrogens is 2. The van der Waals surface area contributed by atoms with Crippen molar-refractivity contribution in [2.24, 2.45) is 5.92 Å². The first-order valence-corrected chi connectivity index (χ1v) is 9.10. The van der Waals surface area contributed by atoms with Crippen LogP contribution in [0.1, 0.15) is 36.6 Å². The third kappa shape index (κ3) is 4.54. The molecule has 7 nitrogen and oxygen atoms in total. The number of aryl methyl sites for hydroxylation is 1. The van der Waals surface area contributed by atoms with Gasteiger partial charge in [-0.25, -0.2) is 0 Å². The molecule has 1 atom stereocenters. The van der Waals surface area contributed by atoms with Crippen LogP contribution in [0, 0.1) is 12.8 Å². The molecule has 2 aromatic heterocycles. The Morgan fingerprint density at radius 2 is 2.19 bits per heavy atom. The van der Waals surface area contributed by atoms with E-state index in [0.717, 1.165) is 11.3 Å². The van der Waals surface area contributed by atoms with Gasteiger partial charge in [0, 0.05) is 30.9 Å². The van der Waals surface area contributed by atoms with Crippen LogP contribution < -0.4 is 15.6 Å². The van der Waals surface area contributed by atoms with Crippen molar-refractivity contribution in [2.45, 2.75) is 44.9 Å². The van der Waals surface area contributed by atoms with Crippen LogP contribution in [0.2, 0.25) is 0 Å². The maximum absolute atomic E-state index is 12.6. The highest BCUT2D eigenvalue weighted by atomic mass is 16.5. The number of methoxy groups -OCH3 is 1. The molecule has 27 heavy (non-hydrogen) atoms. The summed E-state index contributed by atoms with van der Waals surface area (Å²) in [5.74, 6) is 0.636. The maximum atomic E-state index is 12.6. The standard InChI is InChI=1S/C20H25N3O4/c1-13-4-3-5-19(26)23(13)7-6-18(25)22-20(14-8-16(24)9-14)15-10-17(27-2)12-21-11-15/h3-5,10-12,14,16,20,24H,6-9H2,1-2H3,(H,22,25)/t14?,16?,20-/m1/s1. The molecule has 2 N–H and O–H groups in total. The van der Waals surface area contributed by atoms with E-state index in [1.165, 1.54) is 6.07 Å². The molecule has 0 spiro atoms. The molecule has 7 heteroatoms. The summed E-state index contributed by atoms with van der Waals surface area (Å²) in [5.41, 5.74) is 1.57. The van der Waals surface area contributed by atoms with Crippen molar-refractivity contribution in [3.63, 3.8) is 0 Å². The summed E-state index contributed by atoms with van der Waals surface area (Å²) in [6.45, 7) is 2.17. The molecular weight excluding hydrogens is 346 g/mol. The van der Waals surface area contributed by atoms with Gasteiger partial charge in [-0.05, 0) is 43.4 Å². The number of amides is 1. The number of nitrogens with zero attached hydrogens (tertiary/aromatic N) is 2. The van der Waals surface area contributed by atoms with E-state index in [4.69, 9.17) is 4.74 Å².